The van der Waals surface area contributed by atoms with Crippen molar-refractivity contribution in [3.05, 3.63) is 52.2 Å². The third-order valence-corrected chi connectivity index (χ3v) is 4.83. The fourth-order valence-corrected chi connectivity index (χ4v) is 3.38. The molecular formula is C16H13F2N3O3S. The van der Waals surface area contributed by atoms with Crippen molar-refractivity contribution in [2.45, 2.75) is 12.5 Å². The zero-order chi connectivity index (χ0) is 18.2. The minimum Gasteiger partial charge on any atom is -0.324 e. The standard InChI is InChI=1S/C16H13F2N3O3S/c1-16(12-3-2-4-25-12)14(23)21(15(24)20-16)8-13(22)19-11-6-9(17)5-10(18)7-11/h2-7H,8H2,1H3,(H,19,22)(H,20,24). The molecule has 6 nitrogen and oxygen atoms in total. The molecule has 1 aromatic carbocycles. The van der Waals surface area contributed by atoms with Gasteiger partial charge in [0.2, 0.25) is 5.91 Å². The molecule has 0 spiro atoms. The molecule has 1 atom stereocenters. The Morgan fingerprint density at radius 1 is 1.28 bits per heavy atom. The number of carbonyl (C=O) groups excluding carboxylic acids is 3. The molecular weight excluding hydrogens is 352 g/mol. The van der Waals surface area contributed by atoms with Crippen molar-refractivity contribution in [2.24, 2.45) is 0 Å². The Labute approximate surface area is 145 Å². The highest BCUT2D eigenvalue weighted by molar-refractivity contribution is 7.10. The van der Waals surface area contributed by atoms with E-state index in [0.29, 0.717) is 10.9 Å². The molecule has 4 amide bonds. The number of benzene rings is 1. The highest BCUT2D eigenvalue weighted by Crippen LogP contribution is 2.31. The largest absolute Gasteiger partial charge is 0.325 e. The van der Waals surface area contributed by atoms with Gasteiger partial charge in [-0.1, -0.05) is 6.07 Å². The van der Waals surface area contributed by atoms with Crippen molar-refractivity contribution in [2.75, 3.05) is 11.9 Å². The lowest BCUT2D eigenvalue weighted by atomic mass is 10.0. The zero-order valence-corrected chi connectivity index (χ0v) is 13.8. The van der Waals surface area contributed by atoms with Gasteiger partial charge in [-0.15, -0.1) is 11.3 Å². The van der Waals surface area contributed by atoms with Crippen LogP contribution in [0.3, 0.4) is 0 Å². The third-order valence-electron chi connectivity index (χ3n) is 3.74. The number of hydrogen-bond donors (Lipinski definition) is 2. The van der Waals surface area contributed by atoms with Gasteiger partial charge in [0, 0.05) is 16.6 Å². The SMILES string of the molecule is CC1(c2cccs2)NC(=O)N(CC(=O)Nc2cc(F)cc(F)c2)C1=O. The monoisotopic (exact) mass is 365 g/mol. The highest BCUT2D eigenvalue weighted by atomic mass is 32.1. The number of rotatable bonds is 4. The molecule has 2 heterocycles. The molecule has 0 saturated carbocycles. The molecule has 9 heteroatoms. The number of halogens is 2. The average Bonchev–Trinajstić information content (AvgIpc) is 3.11. The molecule has 1 aliphatic rings. The van der Waals surface area contributed by atoms with Gasteiger partial charge in [-0.25, -0.2) is 13.6 Å². The number of thiophene rings is 1. The Morgan fingerprint density at radius 3 is 2.56 bits per heavy atom. The number of anilines is 1. The molecule has 3 rings (SSSR count). The van der Waals surface area contributed by atoms with E-state index in [0.717, 1.165) is 17.0 Å². The van der Waals surface area contributed by atoms with E-state index in [4.69, 9.17) is 0 Å². The molecule has 1 saturated heterocycles. The van der Waals surface area contributed by atoms with Crippen molar-refractivity contribution >= 4 is 34.9 Å². The number of imide groups is 1. The Morgan fingerprint density at radius 2 is 1.96 bits per heavy atom. The minimum atomic E-state index is -1.24. The third kappa shape index (κ3) is 3.22. The van der Waals surface area contributed by atoms with Gasteiger partial charge >= 0.3 is 6.03 Å². The van der Waals surface area contributed by atoms with Gasteiger partial charge in [-0.2, -0.15) is 0 Å². The van der Waals surface area contributed by atoms with Crippen LogP contribution in [0, 0.1) is 11.6 Å². The van der Waals surface area contributed by atoms with Gasteiger partial charge in [-0.3, -0.25) is 14.5 Å². The van der Waals surface area contributed by atoms with E-state index in [-0.39, 0.29) is 5.69 Å². The summed E-state index contributed by atoms with van der Waals surface area (Å²) < 4.78 is 26.3. The molecule has 130 valence electrons. The maximum absolute atomic E-state index is 13.1. The summed E-state index contributed by atoms with van der Waals surface area (Å²) >= 11 is 1.31. The number of nitrogens with zero attached hydrogens (tertiary/aromatic N) is 1. The normalized spacial score (nSPS) is 19.9. The van der Waals surface area contributed by atoms with E-state index in [9.17, 15) is 23.2 Å². The Bertz CT molecular complexity index is 836. The van der Waals surface area contributed by atoms with Crippen molar-refractivity contribution in [3.8, 4) is 0 Å². The van der Waals surface area contributed by atoms with Crippen LogP contribution in [-0.4, -0.2) is 29.3 Å². The number of urea groups is 1. The molecule has 25 heavy (non-hydrogen) atoms. The molecule has 2 aromatic rings. The van der Waals surface area contributed by atoms with Crippen LogP contribution in [0.25, 0.3) is 0 Å². The topological polar surface area (TPSA) is 78.5 Å². The molecule has 0 bridgehead atoms. The lowest BCUT2D eigenvalue weighted by Crippen LogP contribution is -2.41. The Balaban J connectivity index is 1.73. The van der Waals surface area contributed by atoms with Gasteiger partial charge < -0.3 is 10.6 Å². The van der Waals surface area contributed by atoms with Gasteiger partial charge in [0.1, 0.15) is 18.2 Å². The van der Waals surface area contributed by atoms with Crippen LogP contribution >= 0.6 is 11.3 Å². The van der Waals surface area contributed by atoms with E-state index in [1.54, 1.807) is 24.4 Å². The lowest BCUT2D eigenvalue weighted by Gasteiger charge is -2.19. The second-order valence-corrected chi connectivity index (χ2v) is 6.58. The first kappa shape index (κ1) is 17.0. The maximum Gasteiger partial charge on any atom is 0.325 e. The van der Waals surface area contributed by atoms with Gasteiger partial charge in [0.15, 0.2) is 5.54 Å². The van der Waals surface area contributed by atoms with Crippen LogP contribution in [0.2, 0.25) is 0 Å². The summed E-state index contributed by atoms with van der Waals surface area (Å²) in [4.78, 5) is 38.1. The quantitative estimate of drug-likeness (QED) is 0.817. The van der Waals surface area contributed by atoms with Crippen LogP contribution in [-0.2, 0) is 15.1 Å². The molecule has 0 aliphatic carbocycles. The Kier molecular flexibility index (Phi) is 4.25. The van der Waals surface area contributed by atoms with E-state index in [1.165, 1.54) is 11.3 Å². The second-order valence-electron chi connectivity index (χ2n) is 5.63. The summed E-state index contributed by atoms with van der Waals surface area (Å²) in [5.74, 6) is -3.02. The summed E-state index contributed by atoms with van der Waals surface area (Å²) in [6, 6.07) is 5.28. The fraction of sp³-hybridized carbons (Fsp3) is 0.188. The average molecular weight is 365 g/mol. The predicted octanol–water partition coefficient (Wildman–Crippen LogP) is 2.43. The molecule has 1 aliphatic heterocycles. The molecule has 2 N–H and O–H groups in total. The summed E-state index contributed by atoms with van der Waals surface area (Å²) in [5.41, 5.74) is -1.34. The van der Waals surface area contributed by atoms with Crippen LogP contribution < -0.4 is 10.6 Å². The number of carbonyl (C=O) groups is 3. The van der Waals surface area contributed by atoms with E-state index < -0.39 is 41.6 Å². The van der Waals surface area contributed by atoms with Gasteiger partial charge in [0.05, 0.1) is 0 Å². The second kappa shape index (κ2) is 6.25. The molecule has 1 aromatic heterocycles. The fourth-order valence-electron chi connectivity index (χ4n) is 2.54. The lowest BCUT2D eigenvalue weighted by molar-refractivity contribution is -0.133. The van der Waals surface area contributed by atoms with Gasteiger partial charge in [-0.05, 0) is 30.5 Å². The summed E-state index contributed by atoms with van der Waals surface area (Å²) in [5, 5.41) is 6.60. The van der Waals surface area contributed by atoms with Crippen LogP contribution in [0.1, 0.15) is 11.8 Å². The van der Waals surface area contributed by atoms with Crippen LogP contribution in [0.5, 0.6) is 0 Å². The van der Waals surface area contributed by atoms with E-state index in [2.05, 4.69) is 10.6 Å². The van der Waals surface area contributed by atoms with Crippen molar-refractivity contribution < 1.29 is 23.2 Å². The first-order valence-corrected chi connectivity index (χ1v) is 8.11. The van der Waals surface area contributed by atoms with E-state index >= 15 is 0 Å². The van der Waals surface area contributed by atoms with Crippen molar-refractivity contribution in [1.29, 1.82) is 0 Å². The molecule has 0 radical (unpaired) electrons. The van der Waals surface area contributed by atoms with E-state index in [1.807, 2.05) is 0 Å². The number of amides is 4. The first-order chi connectivity index (χ1) is 11.8. The first-order valence-electron chi connectivity index (χ1n) is 7.23. The molecule has 1 fully saturated rings. The smallest absolute Gasteiger partial charge is 0.324 e. The van der Waals surface area contributed by atoms with Crippen molar-refractivity contribution in [3.63, 3.8) is 0 Å². The number of hydrogen-bond acceptors (Lipinski definition) is 4. The summed E-state index contributed by atoms with van der Waals surface area (Å²) in [7, 11) is 0. The van der Waals surface area contributed by atoms with Crippen LogP contribution in [0.4, 0.5) is 19.3 Å². The number of nitrogens with one attached hydrogen (secondary N) is 2. The minimum absolute atomic E-state index is 0.101. The summed E-state index contributed by atoms with van der Waals surface area (Å²) in [6.45, 7) is 0.989. The highest BCUT2D eigenvalue weighted by Gasteiger charge is 2.50. The molecule has 1 unspecified atom stereocenters. The summed E-state index contributed by atoms with van der Waals surface area (Å²) in [6.07, 6.45) is 0. The predicted molar refractivity (Wildman–Crippen MR) is 86.9 cm³/mol. The zero-order valence-electron chi connectivity index (χ0n) is 13.0. The van der Waals surface area contributed by atoms with Crippen molar-refractivity contribution in [1.82, 2.24) is 10.2 Å². The Hall–Kier alpha value is -2.81. The maximum atomic E-state index is 13.1. The van der Waals surface area contributed by atoms with Crippen LogP contribution in [0.15, 0.2) is 35.7 Å². The van der Waals surface area contributed by atoms with Gasteiger partial charge in [0.25, 0.3) is 5.91 Å².